The van der Waals surface area contributed by atoms with Gasteiger partial charge in [-0.15, -0.1) is 0 Å². The average Bonchev–Trinajstić information content (AvgIpc) is 3.43. The lowest BCUT2D eigenvalue weighted by atomic mass is 10.1. The summed E-state index contributed by atoms with van der Waals surface area (Å²) in [5.74, 6) is -1.25. The predicted molar refractivity (Wildman–Crippen MR) is 115 cm³/mol. The molecule has 2 aromatic heterocycles. The summed E-state index contributed by atoms with van der Waals surface area (Å²) in [6.45, 7) is 3.29. The number of amidine groups is 1. The van der Waals surface area contributed by atoms with E-state index in [9.17, 15) is 26.0 Å². The highest BCUT2D eigenvalue weighted by molar-refractivity contribution is 7.87. The molecule has 0 aromatic carbocycles. The summed E-state index contributed by atoms with van der Waals surface area (Å²) in [7, 11) is -4.46. The van der Waals surface area contributed by atoms with Gasteiger partial charge >= 0.3 is 15.6 Å². The van der Waals surface area contributed by atoms with Crippen LogP contribution in [0.15, 0.2) is 35.7 Å². The van der Waals surface area contributed by atoms with Gasteiger partial charge in [0.2, 0.25) is 5.88 Å². The number of pyridine rings is 1. The standard InChI is InChI=1S/C20H23F4N5O4S/c1-3-32-13-14-10-27-28(12-14)8-6-18(25-2)29-7-4-5-17(29)16-9-15(21)11-26-19(16)33-34(30,31)20(22,23)24/h6,8-12,17H,3-5,7,13H2,1-2H3/b8-6-,25-18?. The van der Waals surface area contributed by atoms with Crippen LogP contribution in [0.3, 0.4) is 0 Å². The molecule has 0 aliphatic carbocycles. The van der Waals surface area contributed by atoms with E-state index >= 15 is 0 Å². The molecule has 186 valence electrons. The van der Waals surface area contributed by atoms with Crippen LogP contribution in [0.2, 0.25) is 0 Å². The zero-order valence-corrected chi connectivity index (χ0v) is 19.2. The maximum Gasteiger partial charge on any atom is 0.534 e. The average molecular weight is 505 g/mol. The fraction of sp³-hybridized carbons (Fsp3) is 0.450. The third-order valence-corrected chi connectivity index (χ3v) is 5.90. The molecule has 0 amide bonds. The first-order valence-electron chi connectivity index (χ1n) is 10.2. The van der Waals surface area contributed by atoms with Crippen LogP contribution in [-0.4, -0.2) is 59.6 Å². The molecule has 1 fully saturated rings. The molecule has 0 saturated carbocycles. The van der Waals surface area contributed by atoms with E-state index in [0.717, 1.165) is 11.6 Å². The van der Waals surface area contributed by atoms with E-state index in [4.69, 9.17) is 4.74 Å². The number of alkyl halides is 3. The van der Waals surface area contributed by atoms with Gasteiger partial charge in [-0.2, -0.15) is 26.7 Å². The van der Waals surface area contributed by atoms with Crippen molar-refractivity contribution < 1.29 is 34.9 Å². The number of hydrogen-bond acceptors (Lipinski definition) is 7. The minimum absolute atomic E-state index is 0.127. The summed E-state index contributed by atoms with van der Waals surface area (Å²) < 4.78 is 86.6. The van der Waals surface area contributed by atoms with Crippen LogP contribution < -0.4 is 4.18 Å². The zero-order valence-electron chi connectivity index (χ0n) is 18.4. The van der Waals surface area contributed by atoms with Gasteiger partial charge in [-0.05, 0) is 31.9 Å². The second-order valence-electron chi connectivity index (χ2n) is 7.25. The van der Waals surface area contributed by atoms with Crippen molar-refractivity contribution in [3.8, 4) is 5.88 Å². The second-order valence-corrected chi connectivity index (χ2v) is 8.78. The maximum absolute atomic E-state index is 14.0. The fourth-order valence-electron chi connectivity index (χ4n) is 3.46. The van der Waals surface area contributed by atoms with Crippen molar-refractivity contribution in [1.29, 1.82) is 0 Å². The summed E-state index contributed by atoms with van der Waals surface area (Å²) in [6.07, 6.45) is 8.24. The zero-order chi connectivity index (χ0) is 24.9. The summed E-state index contributed by atoms with van der Waals surface area (Å²) in [5, 5.41) is 4.19. The van der Waals surface area contributed by atoms with Crippen LogP contribution in [0.4, 0.5) is 17.6 Å². The van der Waals surface area contributed by atoms with Crippen molar-refractivity contribution in [2.24, 2.45) is 4.99 Å². The summed E-state index contributed by atoms with van der Waals surface area (Å²) >= 11 is 0. The summed E-state index contributed by atoms with van der Waals surface area (Å²) in [4.78, 5) is 9.41. The minimum atomic E-state index is -5.98. The van der Waals surface area contributed by atoms with Gasteiger partial charge in [0.15, 0.2) is 0 Å². The van der Waals surface area contributed by atoms with Crippen molar-refractivity contribution in [2.75, 3.05) is 20.2 Å². The molecular formula is C20H23F4N5O4S. The van der Waals surface area contributed by atoms with Crippen LogP contribution in [0.5, 0.6) is 5.88 Å². The molecule has 2 aromatic rings. The maximum atomic E-state index is 14.0. The molecule has 9 nitrogen and oxygen atoms in total. The first-order chi connectivity index (χ1) is 16.1. The second kappa shape index (κ2) is 10.5. The fourth-order valence-corrected chi connectivity index (χ4v) is 3.90. The highest BCUT2D eigenvalue weighted by atomic mass is 32.2. The predicted octanol–water partition coefficient (Wildman–Crippen LogP) is 3.52. The Labute approximate surface area is 193 Å². The Kier molecular flexibility index (Phi) is 7.92. The van der Waals surface area contributed by atoms with Gasteiger partial charge in [-0.3, -0.25) is 4.99 Å². The van der Waals surface area contributed by atoms with Crippen LogP contribution in [0.25, 0.3) is 6.20 Å². The van der Waals surface area contributed by atoms with E-state index < -0.39 is 33.4 Å². The Bertz CT molecular complexity index is 1160. The highest BCUT2D eigenvalue weighted by Gasteiger charge is 2.49. The molecule has 0 spiro atoms. The smallest absolute Gasteiger partial charge is 0.377 e. The molecule has 1 saturated heterocycles. The Hall–Kier alpha value is -3.00. The molecule has 3 rings (SSSR count). The third-order valence-electron chi connectivity index (χ3n) is 4.96. The highest BCUT2D eigenvalue weighted by Crippen LogP contribution is 2.38. The Morgan fingerprint density at radius 3 is 2.79 bits per heavy atom. The summed E-state index contributed by atoms with van der Waals surface area (Å²) in [5.41, 5.74) is -4.92. The molecule has 14 heteroatoms. The first-order valence-corrected chi connectivity index (χ1v) is 11.6. The number of aromatic nitrogens is 3. The largest absolute Gasteiger partial charge is 0.534 e. The first kappa shape index (κ1) is 25.6. The van der Waals surface area contributed by atoms with Crippen LogP contribution >= 0.6 is 0 Å². The molecule has 1 unspecified atom stereocenters. The minimum Gasteiger partial charge on any atom is -0.377 e. The topological polar surface area (TPSA) is 98.9 Å². The number of halogens is 4. The molecule has 1 aliphatic heterocycles. The molecule has 1 atom stereocenters. The third kappa shape index (κ3) is 5.91. The monoisotopic (exact) mass is 505 g/mol. The molecule has 0 radical (unpaired) electrons. The van der Waals surface area contributed by atoms with Gasteiger partial charge in [0.05, 0.1) is 25.0 Å². The van der Waals surface area contributed by atoms with Gasteiger partial charge in [0.25, 0.3) is 0 Å². The normalized spacial score (nSPS) is 17.6. The molecule has 34 heavy (non-hydrogen) atoms. The molecular weight excluding hydrogens is 482 g/mol. The quantitative estimate of drug-likeness (QED) is 0.178. The van der Waals surface area contributed by atoms with Crippen LogP contribution in [0, 0.1) is 5.82 Å². The number of aliphatic imine (C=N–C) groups is 1. The number of likely N-dealkylation sites (tertiary alicyclic amines) is 1. The number of nitrogens with zero attached hydrogens (tertiary/aromatic N) is 5. The number of rotatable bonds is 8. The van der Waals surface area contributed by atoms with Crippen molar-refractivity contribution in [1.82, 2.24) is 19.7 Å². The molecule has 0 bridgehead atoms. The van der Waals surface area contributed by atoms with Gasteiger partial charge in [-0.25, -0.2) is 14.1 Å². The van der Waals surface area contributed by atoms with E-state index in [-0.39, 0.29) is 5.56 Å². The number of ether oxygens (including phenoxy) is 1. The van der Waals surface area contributed by atoms with Crippen molar-refractivity contribution in [3.63, 3.8) is 0 Å². The molecule has 3 heterocycles. The lowest BCUT2D eigenvalue weighted by molar-refractivity contribution is -0.0501. The SMILES string of the molecule is CCOCc1cnn(/C=C\C(=NC)N2CCCC2c2cc(F)cnc2OS(=O)(=O)C(F)(F)F)c1. The van der Waals surface area contributed by atoms with E-state index in [1.54, 1.807) is 34.3 Å². The Balaban J connectivity index is 1.87. The van der Waals surface area contributed by atoms with E-state index in [2.05, 4.69) is 19.3 Å². The number of hydrogen-bond donors (Lipinski definition) is 0. The molecule has 0 N–H and O–H groups in total. The molecule has 1 aliphatic rings. The lowest BCUT2D eigenvalue weighted by Crippen LogP contribution is -2.31. The van der Waals surface area contributed by atoms with Crippen LogP contribution in [-0.2, 0) is 21.5 Å². The van der Waals surface area contributed by atoms with Gasteiger partial charge in [-0.1, -0.05) is 0 Å². The lowest BCUT2D eigenvalue weighted by Gasteiger charge is -2.27. The Morgan fingerprint density at radius 1 is 1.35 bits per heavy atom. The summed E-state index contributed by atoms with van der Waals surface area (Å²) in [6, 6.07) is 0.206. The van der Waals surface area contributed by atoms with E-state index in [1.807, 2.05) is 6.92 Å². The van der Waals surface area contributed by atoms with E-state index in [1.165, 1.54) is 7.05 Å². The Morgan fingerprint density at radius 2 is 2.12 bits per heavy atom. The van der Waals surface area contributed by atoms with Gasteiger partial charge in [0, 0.05) is 43.7 Å². The van der Waals surface area contributed by atoms with E-state index in [0.29, 0.717) is 44.6 Å². The van der Waals surface area contributed by atoms with Gasteiger partial charge in [0.1, 0.15) is 11.7 Å². The van der Waals surface area contributed by atoms with Gasteiger partial charge < -0.3 is 13.8 Å². The van der Waals surface area contributed by atoms with Crippen molar-refractivity contribution >= 4 is 22.2 Å². The van der Waals surface area contributed by atoms with Crippen molar-refractivity contribution in [2.45, 2.75) is 37.9 Å². The van der Waals surface area contributed by atoms with Crippen molar-refractivity contribution in [3.05, 3.63) is 47.7 Å². The van der Waals surface area contributed by atoms with Crippen LogP contribution in [0.1, 0.15) is 36.9 Å².